The lowest BCUT2D eigenvalue weighted by atomic mass is 9.82. The molecule has 0 heteroatoms. The molecule has 0 N–H and O–H groups in total. The maximum absolute atomic E-state index is 7.80. The lowest BCUT2D eigenvalue weighted by Crippen LogP contribution is -2.12. The largest absolute Gasteiger partial charge is 0.0530 e. The van der Waals surface area contributed by atoms with Crippen molar-refractivity contribution in [3.63, 3.8) is 0 Å². The molecule has 0 heterocycles. The zero-order valence-corrected chi connectivity index (χ0v) is 5.97. The van der Waals surface area contributed by atoms with Crippen LogP contribution in [0, 0.1) is 11.8 Å². The van der Waals surface area contributed by atoms with E-state index in [-0.39, 0.29) is 0 Å². The molecule has 0 saturated heterocycles. The van der Waals surface area contributed by atoms with Crippen molar-refractivity contribution in [2.45, 2.75) is 44.9 Å². The van der Waals surface area contributed by atoms with Gasteiger partial charge in [0.05, 0.1) is 0 Å². The molecule has 2 saturated carbocycles. The van der Waals surface area contributed by atoms with E-state index >= 15 is 0 Å². The standard InChI is InChI=1S/C9H16/c1-2-5-9-7-3-6-8(9)4-1/h8-9H,1-7H2/i4D. The molecule has 2 aliphatic rings. The SMILES string of the molecule is [2H]C1CCCC2CCCC12. The van der Waals surface area contributed by atoms with Gasteiger partial charge in [-0.15, -0.1) is 0 Å². The van der Waals surface area contributed by atoms with Crippen molar-refractivity contribution in [1.29, 1.82) is 0 Å². The van der Waals surface area contributed by atoms with Crippen LogP contribution in [0.2, 0.25) is 0 Å². The van der Waals surface area contributed by atoms with Gasteiger partial charge in [-0.25, -0.2) is 0 Å². The molecule has 0 radical (unpaired) electrons. The fourth-order valence-electron chi connectivity index (χ4n) is 2.45. The van der Waals surface area contributed by atoms with Gasteiger partial charge in [0.2, 0.25) is 0 Å². The predicted molar refractivity (Wildman–Crippen MR) is 39.3 cm³/mol. The Kier molecular flexibility index (Phi) is 1.23. The summed E-state index contributed by atoms with van der Waals surface area (Å²) in [5, 5.41) is 0. The smallest absolute Gasteiger partial charge is 0.0269 e. The van der Waals surface area contributed by atoms with Crippen molar-refractivity contribution in [3.8, 4) is 0 Å². The predicted octanol–water partition coefficient (Wildman–Crippen LogP) is 2.98. The molecule has 3 atom stereocenters. The fourth-order valence-corrected chi connectivity index (χ4v) is 2.45. The quantitative estimate of drug-likeness (QED) is 0.467. The summed E-state index contributed by atoms with van der Waals surface area (Å²) >= 11 is 0. The van der Waals surface area contributed by atoms with Crippen molar-refractivity contribution in [1.82, 2.24) is 0 Å². The van der Waals surface area contributed by atoms with Crippen LogP contribution in [0.3, 0.4) is 0 Å². The van der Waals surface area contributed by atoms with E-state index in [9.17, 15) is 0 Å². The highest BCUT2D eigenvalue weighted by Crippen LogP contribution is 2.41. The molecule has 0 bridgehead atoms. The summed E-state index contributed by atoms with van der Waals surface area (Å²) in [5.41, 5.74) is 0. The van der Waals surface area contributed by atoms with Crippen LogP contribution in [-0.2, 0) is 0 Å². The Morgan fingerprint density at radius 1 is 0.889 bits per heavy atom. The lowest BCUT2D eigenvalue weighted by Gasteiger charge is -2.24. The summed E-state index contributed by atoms with van der Waals surface area (Å²) in [6.45, 7) is 0. The highest BCUT2D eigenvalue weighted by Gasteiger charge is 2.28. The summed E-state index contributed by atoms with van der Waals surface area (Å²) in [6, 6.07) is 0. The highest BCUT2D eigenvalue weighted by atomic mass is 14.3. The third kappa shape index (κ3) is 0.997. The summed E-state index contributed by atoms with van der Waals surface area (Å²) in [5.74, 6) is 1.75. The maximum Gasteiger partial charge on any atom is 0.0269 e. The van der Waals surface area contributed by atoms with Gasteiger partial charge in [-0.2, -0.15) is 0 Å². The highest BCUT2D eigenvalue weighted by molar-refractivity contribution is 4.80. The van der Waals surface area contributed by atoms with Crippen LogP contribution in [0.15, 0.2) is 0 Å². The summed E-state index contributed by atoms with van der Waals surface area (Å²) in [4.78, 5) is 0. The van der Waals surface area contributed by atoms with E-state index in [0.29, 0.717) is 6.40 Å². The van der Waals surface area contributed by atoms with Crippen molar-refractivity contribution >= 4 is 0 Å². The summed E-state index contributed by atoms with van der Waals surface area (Å²) in [7, 11) is 0. The molecule has 9 heavy (non-hydrogen) atoms. The van der Waals surface area contributed by atoms with Crippen LogP contribution in [-0.4, -0.2) is 0 Å². The molecule has 0 aromatic rings. The van der Waals surface area contributed by atoms with Crippen molar-refractivity contribution < 1.29 is 1.37 Å². The molecule has 2 fully saturated rings. The first-order valence-electron chi connectivity index (χ1n) is 4.88. The van der Waals surface area contributed by atoms with E-state index in [1.54, 1.807) is 0 Å². The molecular formula is C9H16. The average Bonchev–Trinajstić information content (AvgIpc) is 2.36. The van der Waals surface area contributed by atoms with Crippen molar-refractivity contribution in [3.05, 3.63) is 0 Å². The minimum Gasteiger partial charge on any atom is -0.0530 e. The van der Waals surface area contributed by atoms with E-state index in [1.165, 1.54) is 38.5 Å². The number of hydrogen-bond acceptors (Lipinski definition) is 0. The van der Waals surface area contributed by atoms with Gasteiger partial charge in [-0.1, -0.05) is 44.9 Å². The second kappa shape index (κ2) is 2.32. The van der Waals surface area contributed by atoms with Gasteiger partial charge in [-0.05, 0) is 11.8 Å². The van der Waals surface area contributed by atoms with Gasteiger partial charge >= 0.3 is 0 Å². The van der Waals surface area contributed by atoms with Gasteiger partial charge in [0.1, 0.15) is 0 Å². The Morgan fingerprint density at radius 2 is 1.67 bits per heavy atom. The Morgan fingerprint density at radius 3 is 2.56 bits per heavy atom. The van der Waals surface area contributed by atoms with Gasteiger partial charge in [0.15, 0.2) is 0 Å². The van der Waals surface area contributed by atoms with E-state index in [0.717, 1.165) is 11.8 Å². The lowest BCUT2D eigenvalue weighted by molar-refractivity contribution is 0.277. The minimum atomic E-state index is 0.307. The third-order valence-corrected chi connectivity index (χ3v) is 2.97. The normalized spacial score (nSPS) is 52.4. The molecular weight excluding hydrogens is 108 g/mol. The van der Waals surface area contributed by atoms with Crippen molar-refractivity contribution in [2.75, 3.05) is 0 Å². The van der Waals surface area contributed by atoms with Crippen LogP contribution in [0.5, 0.6) is 0 Å². The number of rotatable bonds is 0. The number of hydrogen-bond donors (Lipinski definition) is 0. The first kappa shape index (κ1) is 4.76. The van der Waals surface area contributed by atoms with E-state index < -0.39 is 0 Å². The molecule has 0 aromatic carbocycles. The minimum absolute atomic E-state index is 0.307. The molecule has 0 aromatic heterocycles. The fraction of sp³-hybridized carbons (Fsp3) is 1.00. The average molecular weight is 125 g/mol. The first-order valence-corrected chi connectivity index (χ1v) is 4.30. The molecule has 0 nitrogen and oxygen atoms in total. The van der Waals surface area contributed by atoms with Crippen LogP contribution in [0.1, 0.15) is 46.3 Å². The van der Waals surface area contributed by atoms with Gasteiger partial charge in [0, 0.05) is 1.37 Å². The van der Waals surface area contributed by atoms with Crippen LogP contribution in [0.25, 0.3) is 0 Å². The Bertz CT molecular complexity index is 122. The van der Waals surface area contributed by atoms with E-state index in [2.05, 4.69) is 0 Å². The maximum atomic E-state index is 7.80. The van der Waals surface area contributed by atoms with Gasteiger partial charge in [-0.3, -0.25) is 0 Å². The van der Waals surface area contributed by atoms with Crippen LogP contribution in [0.4, 0.5) is 0 Å². The summed E-state index contributed by atoms with van der Waals surface area (Å²) in [6.07, 6.45) is 8.45. The Labute approximate surface area is 59.1 Å². The van der Waals surface area contributed by atoms with E-state index in [4.69, 9.17) is 1.37 Å². The second-order valence-corrected chi connectivity index (χ2v) is 3.52. The van der Waals surface area contributed by atoms with Crippen LogP contribution >= 0.6 is 0 Å². The zero-order chi connectivity index (χ0) is 6.97. The molecule has 3 unspecified atom stereocenters. The van der Waals surface area contributed by atoms with Gasteiger partial charge in [0.25, 0.3) is 0 Å². The molecule has 52 valence electrons. The first-order chi connectivity index (χ1) is 4.88. The Hall–Kier alpha value is 0. The molecule has 0 aliphatic heterocycles. The van der Waals surface area contributed by atoms with Crippen LogP contribution < -0.4 is 0 Å². The number of fused-ring (bicyclic) bond motifs is 1. The zero-order valence-electron chi connectivity index (χ0n) is 6.97. The molecule has 0 spiro atoms. The topological polar surface area (TPSA) is 0 Å². The van der Waals surface area contributed by atoms with Crippen molar-refractivity contribution in [2.24, 2.45) is 11.8 Å². The summed E-state index contributed by atoms with van der Waals surface area (Å²) < 4.78 is 7.80. The monoisotopic (exact) mass is 125 g/mol. The molecule has 2 aliphatic carbocycles. The van der Waals surface area contributed by atoms with Gasteiger partial charge < -0.3 is 0 Å². The molecule has 2 rings (SSSR count). The Balaban J connectivity index is 2.03. The third-order valence-electron chi connectivity index (χ3n) is 2.97. The van der Waals surface area contributed by atoms with E-state index in [1.807, 2.05) is 0 Å². The second-order valence-electron chi connectivity index (χ2n) is 3.52. The molecule has 0 amide bonds.